The molecule has 190 valence electrons. The standard InChI is InChI=1S/C28H30ClNO6/c1-28(2)25(34-3)23(31)24(32)27(36-28)35-20-12-13-21(18-10-7-11-19(29)14-18)22(15-20)26(33)30-16-17-8-5-4-6-9-17/h4-15,23-25,27,31-32H,16H2,1-3H3,(H,30,33)/t23-,24+,25+,27+/m0/s1. The molecule has 0 unspecified atom stereocenters. The lowest BCUT2D eigenvalue weighted by Crippen LogP contribution is -2.63. The van der Waals surface area contributed by atoms with E-state index in [-0.39, 0.29) is 5.91 Å². The van der Waals surface area contributed by atoms with Gasteiger partial charge >= 0.3 is 0 Å². The summed E-state index contributed by atoms with van der Waals surface area (Å²) in [4.78, 5) is 13.3. The number of carbonyl (C=O) groups is 1. The predicted octanol–water partition coefficient (Wildman–Crippen LogP) is 4.19. The third-order valence-corrected chi connectivity index (χ3v) is 6.45. The molecule has 0 radical (unpaired) electrons. The Morgan fingerprint density at radius 3 is 2.47 bits per heavy atom. The van der Waals surface area contributed by atoms with Crippen molar-refractivity contribution in [3.05, 3.63) is 88.9 Å². The lowest BCUT2D eigenvalue weighted by atomic mass is 9.89. The highest BCUT2D eigenvalue weighted by molar-refractivity contribution is 6.30. The van der Waals surface area contributed by atoms with E-state index in [1.54, 1.807) is 44.2 Å². The van der Waals surface area contributed by atoms with Crippen LogP contribution in [0.25, 0.3) is 11.1 Å². The highest BCUT2D eigenvalue weighted by Crippen LogP contribution is 2.34. The molecule has 0 spiro atoms. The maximum atomic E-state index is 13.3. The molecule has 1 saturated heterocycles. The van der Waals surface area contributed by atoms with Crippen LogP contribution < -0.4 is 10.1 Å². The predicted molar refractivity (Wildman–Crippen MR) is 137 cm³/mol. The van der Waals surface area contributed by atoms with Crippen LogP contribution in [0.4, 0.5) is 0 Å². The Labute approximate surface area is 215 Å². The van der Waals surface area contributed by atoms with Crippen LogP contribution in [0.2, 0.25) is 5.02 Å². The summed E-state index contributed by atoms with van der Waals surface area (Å²) in [6.07, 6.45) is -4.48. The number of rotatable bonds is 7. The van der Waals surface area contributed by atoms with E-state index in [1.807, 2.05) is 42.5 Å². The Kier molecular flexibility index (Phi) is 7.97. The molecule has 3 N–H and O–H groups in total. The molecule has 0 bridgehead atoms. The number of benzene rings is 3. The number of aliphatic hydroxyl groups excluding tert-OH is 2. The highest BCUT2D eigenvalue weighted by Gasteiger charge is 2.50. The van der Waals surface area contributed by atoms with Crippen molar-refractivity contribution in [2.75, 3.05) is 7.11 Å². The SMILES string of the molecule is CO[C@@H]1[C@@H](O)[C@@H](O)[C@H](Oc2ccc(-c3cccc(Cl)c3)c(C(=O)NCc3ccccc3)c2)OC1(C)C. The van der Waals surface area contributed by atoms with Crippen molar-refractivity contribution in [2.24, 2.45) is 0 Å². The summed E-state index contributed by atoms with van der Waals surface area (Å²) in [7, 11) is 1.45. The number of methoxy groups -OCH3 is 1. The van der Waals surface area contributed by atoms with Crippen molar-refractivity contribution in [2.45, 2.75) is 50.6 Å². The largest absolute Gasteiger partial charge is 0.462 e. The first-order valence-electron chi connectivity index (χ1n) is 11.6. The first-order valence-corrected chi connectivity index (χ1v) is 12.0. The minimum absolute atomic E-state index is 0.300. The Bertz CT molecular complexity index is 1200. The van der Waals surface area contributed by atoms with Crippen LogP contribution in [0, 0.1) is 0 Å². The van der Waals surface area contributed by atoms with Crippen LogP contribution in [0.3, 0.4) is 0 Å². The summed E-state index contributed by atoms with van der Waals surface area (Å²) >= 11 is 6.20. The fourth-order valence-corrected chi connectivity index (χ4v) is 4.59. The molecule has 3 aromatic rings. The number of aliphatic hydroxyl groups is 2. The minimum Gasteiger partial charge on any atom is -0.462 e. The number of nitrogens with one attached hydrogen (secondary N) is 1. The summed E-state index contributed by atoms with van der Waals surface area (Å²) in [5.74, 6) is -0.00208. The van der Waals surface area contributed by atoms with Gasteiger partial charge in [-0.2, -0.15) is 0 Å². The molecule has 7 nitrogen and oxygen atoms in total. The normalized spacial score (nSPS) is 23.2. The van der Waals surface area contributed by atoms with Crippen LogP contribution in [-0.2, 0) is 16.0 Å². The van der Waals surface area contributed by atoms with Gasteiger partial charge < -0.3 is 29.7 Å². The van der Waals surface area contributed by atoms with E-state index in [0.717, 1.165) is 11.1 Å². The first-order chi connectivity index (χ1) is 17.2. The number of halogens is 1. The summed E-state index contributed by atoms with van der Waals surface area (Å²) in [5.41, 5.74) is 1.85. The van der Waals surface area contributed by atoms with Gasteiger partial charge in [0.05, 0.1) is 11.2 Å². The summed E-state index contributed by atoms with van der Waals surface area (Å²) in [5, 5.41) is 24.7. The van der Waals surface area contributed by atoms with E-state index in [2.05, 4.69) is 5.32 Å². The molecule has 1 aliphatic heterocycles. The van der Waals surface area contributed by atoms with Crippen LogP contribution in [0.15, 0.2) is 72.8 Å². The molecule has 1 amide bonds. The van der Waals surface area contributed by atoms with E-state index in [0.29, 0.717) is 28.4 Å². The Balaban J connectivity index is 1.63. The average molecular weight is 512 g/mol. The summed E-state index contributed by atoms with van der Waals surface area (Å²) < 4.78 is 17.2. The summed E-state index contributed by atoms with van der Waals surface area (Å²) in [6, 6.07) is 21.9. The third kappa shape index (κ3) is 5.72. The Morgan fingerprint density at radius 2 is 1.78 bits per heavy atom. The fraction of sp³-hybridized carbons (Fsp3) is 0.321. The second kappa shape index (κ2) is 11.0. The Morgan fingerprint density at radius 1 is 1.03 bits per heavy atom. The molecule has 1 heterocycles. The summed E-state index contributed by atoms with van der Waals surface area (Å²) in [6.45, 7) is 3.84. The third-order valence-electron chi connectivity index (χ3n) is 6.22. The average Bonchev–Trinajstić information content (AvgIpc) is 2.86. The number of ether oxygens (including phenoxy) is 3. The van der Waals surface area contributed by atoms with E-state index in [1.165, 1.54) is 7.11 Å². The van der Waals surface area contributed by atoms with Gasteiger partial charge in [0, 0.05) is 18.7 Å². The molecule has 4 atom stereocenters. The second-order valence-corrected chi connectivity index (χ2v) is 9.67. The maximum absolute atomic E-state index is 13.3. The zero-order chi connectivity index (χ0) is 25.9. The maximum Gasteiger partial charge on any atom is 0.252 e. The van der Waals surface area contributed by atoms with E-state index >= 15 is 0 Å². The molecule has 0 saturated carbocycles. The lowest BCUT2D eigenvalue weighted by molar-refractivity contribution is -0.305. The van der Waals surface area contributed by atoms with Gasteiger partial charge in [-0.3, -0.25) is 4.79 Å². The van der Waals surface area contributed by atoms with Gasteiger partial charge in [0.2, 0.25) is 6.29 Å². The minimum atomic E-state index is -1.36. The molecule has 8 heteroatoms. The second-order valence-electron chi connectivity index (χ2n) is 9.23. The number of amides is 1. The van der Waals surface area contributed by atoms with Gasteiger partial charge in [-0.25, -0.2) is 0 Å². The van der Waals surface area contributed by atoms with E-state index in [9.17, 15) is 15.0 Å². The molecule has 36 heavy (non-hydrogen) atoms. The smallest absolute Gasteiger partial charge is 0.252 e. The molecule has 3 aromatic carbocycles. The van der Waals surface area contributed by atoms with Crippen molar-refractivity contribution in [3.63, 3.8) is 0 Å². The van der Waals surface area contributed by atoms with Crippen LogP contribution in [0.5, 0.6) is 5.75 Å². The lowest BCUT2D eigenvalue weighted by Gasteiger charge is -2.46. The Hall–Kier alpha value is -2.94. The van der Waals surface area contributed by atoms with Crippen LogP contribution in [-0.4, -0.2) is 53.4 Å². The van der Waals surface area contributed by atoms with E-state index in [4.69, 9.17) is 25.8 Å². The van der Waals surface area contributed by atoms with Crippen molar-refractivity contribution >= 4 is 17.5 Å². The van der Waals surface area contributed by atoms with Crippen molar-refractivity contribution < 1.29 is 29.2 Å². The molecular weight excluding hydrogens is 482 g/mol. The molecule has 4 rings (SSSR count). The molecule has 1 fully saturated rings. The van der Waals surface area contributed by atoms with Gasteiger partial charge in [-0.05, 0) is 60.9 Å². The fourth-order valence-electron chi connectivity index (χ4n) is 4.40. The van der Waals surface area contributed by atoms with Gasteiger partial charge in [0.15, 0.2) is 0 Å². The quantitative estimate of drug-likeness (QED) is 0.440. The molecule has 1 aliphatic rings. The zero-order valence-corrected chi connectivity index (χ0v) is 21.1. The van der Waals surface area contributed by atoms with Crippen molar-refractivity contribution in [1.29, 1.82) is 0 Å². The molecule has 0 aliphatic carbocycles. The molecular formula is C28H30ClNO6. The van der Waals surface area contributed by atoms with Crippen molar-refractivity contribution in [3.8, 4) is 16.9 Å². The number of hydrogen-bond donors (Lipinski definition) is 3. The number of carbonyl (C=O) groups excluding carboxylic acids is 1. The van der Waals surface area contributed by atoms with Crippen LogP contribution >= 0.6 is 11.6 Å². The van der Waals surface area contributed by atoms with Gasteiger partial charge in [0.1, 0.15) is 24.1 Å². The van der Waals surface area contributed by atoms with Crippen molar-refractivity contribution in [1.82, 2.24) is 5.32 Å². The molecule has 0 aromatic heterocycles. The topological polar surface area (TPSA) is 97.3 Å². The monoisotopic (exact) mass is 511 g/mol. The first kappa shape index (κ1) is 26.1. The van der Waals surface area contributed by atoms with Gasteiger partial charge in [-0.1, -0.05) is 54.1 Å². The highest BCUT2D eigenvalue weighted by atomic mass is 35.5. The van der Waals surface area contributed by atoms with Crippen LogP contribution in [0.1, 0.15) is 29.8 Å². The van der Waals surface area contributed by atoms with Gasteiger partial charge in [0.25, 0.3) is 5.91 Å². The number of hydrogen-bond acceptors (Lipinski definition) is 6. The van der Waals surface area contributed by atoms with E-state index < -0.39 is 30.2 Å². The zero-order valence-electron chi connectivity index (χ0n) is 20.4. The van der Waals surface area contributed by atoms with Gasteiger partial charge in [-0.15, -0.1) is 0 Å².